The van der Waals surface area contributed by atoms with Crippen molar-refractivity contribution in [3.63, 3.8) is 0 Å². The molecule has 0 saturated heterocycles. The summed E-state index contributed by atoms with van der Waals surface area (Å²) in [5.41, 5.74) is 13.4. The summed E-state index contributed by atoms with van der Waals surface area (Å²) in [7, 11) is 0. The number of nitrogens with two attached hydrogens (primary N) is 1. The van der Waals surface area contributed by atoms with Gasteiger partial charge in [-0.15, -0.1) is 0 Å². The largest absolute Gasteiger partial charge is 0.322 e. The molecule has 2 N–H and O–H groups in total. The molecule has 2 unspecified atom stereocenters. The average molecular weight is 477 g/mol. The van der Waals surface area contributed by atoms with Crippen molar-refractivity contribution >= 4 is 12.3 Å². The van der Waals surface area contributed by atoms with Gasteiger partial charge in [0.2, 0.25) is 12.3 Å². The molecule has 1 fully saturated rings. The molecule has 0 aliphatic heterocycles. The molecular weight excluding hydrogens is 432 g/mol. The maximum Gasteiger partial charge on any atom is 0.243 e. The predicted molar refractivity (Wildman–Crippen MR) is 147 cm³/mol. The van der Waals surface area contributed by atoms with E-state index in [1.165, 1.54) is 34.2 Å². The van der Waals surface area contributed by atoms with Crippen LogP contribution in [-0.4, -0.2) is 23.8 Å². The molecule has 2 atom stereocenters. The zero-order valence-electron chi connectivity index (χ0n) is 22.7. The molecule has 0 spiro atoms. The monoisotopic (exact) mass is 476 g/mol. The second kappa shape index (κ2) is 12.8. The second-order valence-corrected chi connectivity index (χ2v) is 9.58. The second-order valence-electron chi connectivity index (χ2n) is 9.58. The Morgan fingerprint density at radius 1 is 1.03 bits per heavy atom. The number of allylic oxidation sites excluding steroid dienone is 2. The van der Waals surface area contributed by atoms with Crippen LogP contribution in [0, 0.1) is 6.92 Å². The summed E-state index contributed by atoms with van der Waals surface area (Å²) in [6.07, 6.45) is 8.74. The fourth-order valence-electron chi connectivity index (χ4n) is 4.86. The zero-order chi connectivity index (χ0) is 26.2. The highest BCUT2D eigenvalue weighted by Crippen LogP contribution is 2.55. The third kappa shape index (κ3) is 6.29. The van der Waals surface area contributed by atoms with Crippen molar-refractivity contribution in [2.75, 3.05) is 6.54 Å². The van der Waals surface area contributed by atoms with Crippen molar-refractivity contribution in [1.82, 2.24) is 4.90 Å². The van der Waals surface area contributed by atoms with E-state index >= 15 is 0 Å². The van der Waals surface area contributed by atoms with E-state index in [0.717, 1.165) is 23.3 Å². The highest BCUT2D eigenvalue weighted by atomic mass is 16.2. The number of carbonyl (C=O) groups excluding carboxylic acids is 2. The van der Waals surface area contributed by atoms with Gasteiger partial charge in [-0.2, -0.15) is 0 Å². The minimum Gasteiger partial charge on any atom is -0.322 e. The molecule has 4 nitrogen and oxygen atoms in total. The van der Waals surface area contributed by atoms with Crippen LogP contribution in [0.4, 0.5) is 0 Å². The number of carbonyl (C=O) groups is 2. The molecule has 0 bridgehead atoms. The molecule has 2 aromatic carbocycles. The van der Waals surface area contributed by atoms with E-state index in [0.29, 0.717) is 18.2 Å². The Balaban J connectivity index is 0.000000803. The molecule has 4 rings (SSSR count). The van der Waals surface area contributed by atoms with Crippen molar-refractivity contribution in [3.8, 4) is 0 Å². The molecule has 2 aliphatic rings. The number of aryl methyl sites for hydroxylation is 1. The highest BCUT2D eigenvalue weighted by Gasteiger charge is 2.47. The molecular formula is C31H44N2O2. The van der Waals surface area contributed by atoms with E-state index in [4.69, 9.17) is 5.73 Å². The van der Waals surface area contributed by atoms with Gasteiger partial charge < -0.3 is 5.73 Å². The smallest absolute Gasteiger partial charge is 0.243 e. The van der Waals surface area contributed by atoms with Crippen LogP contribution in [0.25, 0.3) is 0 Å². The Morgan fingerprint density at radius 3 is 2.00 bits per heavy atom. The Hall–Kier alpha value is -2.72. The van der Waals surface area contributed by atoms with Gasteiger partial charge in [0.15, 0.2) is 0 Å². The third-order valence-corrected chi connectivity index (χ3v) is 6.85. The maximum atomic E-state index is 11.7. The summed E-state index contributed by atoms with van der Waals surface area (Å²) < 4.78 is 0. The lowest BCUT2D eigenvalue weighted by molar-refractivity contribution is -0.137. The quantitative estimate of drug-likeness (QED) is 0.371. The van der Waals surface area contributed by atoms with E-state index in [1.807, 2.05) is 26.0 Å². The summed E-state index contributed by atoms with van der Waals surface area (Å²) in [6, 6.07) is 13.2. The Kier molecular flexibility index (Phi) is 10.5. The van der Waals surface area contributed by atoms with E-state index in [-0.39, 0.29) is 24.4 Å². The number of hydrogen-bond acceptors (Lipinski definition) is 3. The molecule has 2 amide bonds. The maximum absolute atomic E-state index is 11.7. The van der Waals surface area contributed by atoms with Crippen LogP contribution in [0.2, 0.25) is 0 Å². The van der Waals surface area contributed by atoms with Crippen molar-refractivity contribution in [3.05, 3.63) is 81.9 Å². The summed E-state index contributed by atoms with van der Waals surface area (Å²) in [5, 5.41) is 0. The first kappa shape index (κ1) is 28.5. The van der Waals surface area contributed by atoms with E-state index in [2.05, 4.69) is 71.0 Å². The standard InChI is InChI=1S/C26H30N2O2.C3H8.C2H6/c1-17-4-5-18(2)23-13-24(19(3)12-22(17)23)26(10-11-26)21-8-6-20(7-9-21)15-28(16-29)25(30)14-27;1-3-2;1-2/h4-9,12-13,16-18H,10-11,14-15,27H2,1-3H3;3H2,1-2H3;1-2H3. The lowest BCUT2D eigenvalue weighted by Crippen LogP contribution is -2.34. The molecule has 4 heteroatoms. The Morgan fingerprint density at radius 2 is 1.54 bits per heavy atom. The minimum absolute atomic E-state index is 0.0825. The predicted octanol–water partition coefficient (Wildman–Crippen LogP) is 6.74. The Labute approximate surface area is 212 Å². The molecule has 0 heterocycles. The molecule has 2 aliphatic carbocycles. The normalized spacial score (nSPS) is 18.7. The van der Waals surface area contributed by atoms with E-state index < -0.39 is 0 Å². The van der Waals surface area contributed by atoms with E-state index in [1.54, 1.807) is 0 Å². The number of rotatable bonds is 6. The lowest BCUT2D eigenvalue weighted by atomic mass is 9.77. The molecule has 190 valence electrons. The van der Waals surface area contributed by atoms with E-state index in [9.17, 15) is 9.59 Å². The van der Waals surface area contributed by atoms with Gasteiger partial charge in [-0.05, 0) is 65.0 Å². The van der Waals surface area contributed by atoms with Crippen LogP contribution in [0.15, 0.2) is 48.6 Å². The zero-order valence-corrected chi connectivity index (χ0v) is 22.7. The first-order valence-electron chi connectivity index (χ1n) is 13.2. The number of hydrogen-bond donors (Lipinski definition) is 1. The number of amides is 2. The van der Waals surface area contributed by atoms with Gasteiger partial charge in [-0.1, -0.05) is 96.5 Å². The van der Waals surface area contributed by atoms with Crippen LogP contribution >= 0.6 is 0 Å². The summed E-state index contributed by atoms with van der Waals surface area (Å²) in [4.78, 5) is 24.0. The van der Waals surface area contributed by atoms with Crippen molar-refractivity contribution in [2.45, 2.75) is 91.5 Å². The van der Waals surface area contributed by atoms with Gasteiger partial charge in [0.25, 0.3) is 0 Å². The Bertz CT molecular complexity index is 1020. The fourth-order valence-corrected chi connectivity index (χ4v) is 4.86. The molecule has 35 heavy (non-hydrogen) atoms. The van der Waals surface area contributed by atoms with Crippen LogP contribution in [0.3, 0.4) is 0 Å². The summed E-state index contributed by atoms with van der Waals surface area (Å²) in [6.45, 7) is 15.1. The van der Waals surface area contributed by atoms with Gasteiger partial charge in [-0.25, -0.2) is 0 Å². The number of nitrogens with zero attached hydrogens (tertiary/aromatic N) is 1. The van der Waals surface area contributed by atoms with Gasteiger partial charge >= 0.3 is 0 Å². The van der Waals surface area contributed by atoms with Crippen LogP contribution in [-0.2, 0) is 21.5 Å². The number of fused-ring (bicyclic) bond motifs is 1. The SMILES string of the molecule is CC.CCC.Cc1cc2c(cc1C1(c3ccc(CN(C=O)C(=O)CN)cc3)CC1)C(C)C=CC2C. The van der Waals surface area contributed by atoms with Crippen LogP contribution < -0.4 is 5.73 Å². The van der Waals surface area contributed by atoms with Gasteiger partial charge in [0, 0.05) is 5.41 Å². The van der Waals surface area contributed by atoms with Crippen molar-refractivity contribution in [1.29, 1.82) is 0 Å². The average Bonchev–Trinajstić information content (AvgIpc) is 3.68. The molecule has 0 radical (unpaired) electrons. The molecule has 1 saturated carbocycles. The highest BCUT2D eigenvalue weighted by molar-refractivity contribution is 5.87. The van der Waals surface area contributed by atoms with Gasteiger partial charge in [0.1, 0.15) is 0 Å². The van der Waals surface area contributed by atoms with Crippen LogP contribution in [0.5, 0.6) is 0 Å². The fraction of sp³-hybridized carbons (Fsp3) is 0.484. The van der Waals surface area contributed by atoms with Crippen LogP contribution in [0.1, 0.15) is 106 Å². The van der Waals surface area contributed by atoms with Crippen molar-refractivity contribution in [2.24, 2.45) is 5.73 Å². The first-order valence-corrected chi connectivity index (χ1v) is 13.2. The third-order valence-electron chi connectivity index (χ3n) is 6.85. The van der Waals surface area contributed by atoms with Gasteiger partial charge in [-0.3, -0.25) is 14.5 Å². The molecule has 2 aromatic rings. The topological polar surface area (TPSA) is 63.4 Å². The number of imide groups is 1. The molecule has 0 aromatic heterocycles. The van der Waals surface area contributed by atoms with Crippen molar-refractivity contribution < 1.29 is 9.59 Å². The van der Waals surface area contributed by atoms with Gasteiger partial charge in [0.05, 0.1) is 13.1 Å². The number of benzene rings is 2. The summed E-state index contributed by atoms with van der Waals surface area (Å²) >= 11 is 0. The minimum atomic E-state index is -0.366. The lowest BCUT2D eigenvalue weighted by Gasteiger charge is -2.27. The summed E-state index contributed by atoms with van der Waals surface area (Å²) in [5.74, 6) is 0.549. The first-order chi connectivity index (χ1) is 16.8.